The van der Waals surface area contributed by atoms with Crippen LogP contribution in [0.5, 0.6) is 0 Å². The zero-order chi connectivity index (χ0) is 13.6. The molecule has 0 aliphatic carbocycles. The van der Waals surface area contributed by atoms with Gasteiger partial charge in [0, 0.05) is 26.2 Å². The average Bonchev–Trinajstić information content (AvgIpc) is 2.31. The minimum atomic E-state index is -2.62. The maximum atomic E-state index is 12.4. The fraction of sp³-hybridized carbons (Fsp3) is 0.455. The molecule has 1 aromatic heterocycles. The molecule has 0 saturated carbocycles. The van der Waals surface area contributed by atoms with Gasteiger partial charge in [0.25, 0.3) is 0 Å². The second kappa shape index (κ2) is 7.01. The number of pyridine rings is 1. The van der Waals surface area contributed by atoms with Crippen molar-refractivity contribution in [3.63, 3.8) is 0 Å². The Morgan fingerprint density at radius 1 is 1.67 bits per heavy atom. The van der Waals surface area contributed by atoms with E-state index < -0.39 is 9.73 Å². The van der Waals surface area contributed by atoms with Crippen LogP contribution in [0.15, 0.2) is 22.7 Å². The van der Waals surface area contributed by atoms with Crippen LogP contribution < -0.4 is 0 Å². The Balaban J connectivity index is 3.14. The van der Waals surface area contributed by atoms with Crippen molar-refractivity contribution in [1.29, 1.82) is 5.26 Å². The zero-order valence-electron chi connectivity index (χ0n) is 10.2. The Labute approximate surface area is 121 Å². The van der Waals surface area contributed by atoms with E-state index in [2.05, 4.69) is 31.9 Å². The third kappa shape index (κ3) is 4.19. The Kier molecular flexibility index (Phi) is 5.98. The number of rotatable bonds is 5. The van der Waals surface area contributed by atoms with Crippen LogP contribution in [0.3, 0.4) is 0 Å². The van der Waals surface area contributed by atoms with Crippen molar-refractivity contribution in [2.45, 2.75) is 11.7 Å². The molecule has 0 bridgehead atoms. The highest BCUT2D eigenvalue weighted by Gasteiger charge is 2.21. The van der Waals surface area contributed by atoms with Gasteiger partial charge in [-0.25, -0.2) is 4.21 Å². The van der Waals surface area contributed by atoms with Gasteiger partial charge >= 0.3 is 0 Å². The van der Waals surface area contributed by atoms with Crippen LogP contribution in [0, 0.1) is 15.2 Å². The van der Waals surface area contributed by atoms with E-state index >= 15 is 0 Å². The number of hydrogen-bond donors (Lipinski definition) is 0. The molecule has 0 aliphatic heterocycles. The van der Waals surface area contributed by atoms with Gasteiger partial charge in [0.15, 0.2) is 0 Å². The molecule has 1 aromatic rings. The van der Waals surface area contributed by atoms with E-state index in [9.17, 15) is 4.21 Å². The van der Waals surface area contributed by atoms with E-state index in [1.807, 2.05) is 12.1 Å². The number of methoxy groups -OCH3 is 1. The first-order valence-corrected chi connectivity index (χ1v) is 8.27. The lowest BCUT2D eigenvalue weighted by atomic mass is 10.1. The lowest BCUT2D eigenvalue weighted by Crippen LogP contribution is -2.14. The monoisotopic (exact) mass is 379 g/mol. The largest absolute Gasteiger partial charge is 0.385 e. The average molecular weight is 379 g/mol. The fourth-order valence-electron chi connectivity index (χ4n) is 1.59. The summed E-state index contributed by atoms with van der Waals surface area (Å²) in [5.74, 6) is 0. The van der Waals surface area contributed by atoms with Gasteiger partial charge in [0.05, 0.1) is 15.0 Å². The van der Waals surface area contributed by atoms with E-state index in [-0.39, 0.29) is 5.25 Å². The second-order valence-corrected chi connectivity index (χ2v) is 7.32. The van der Waals surface area contributed by atoms with Crippen molar-refractivity contribution < 1.29 is 8.95 Å². The molecule has 0 radical (unpaired) electrons. The summed E-state index contributed by atoms with van der Waals surface area (Å²) in [6, 6.07) is 3.71. The summed E-state index contributed by atoms with van der Waals surface area (Å²) in [4.78, 5) is 4.18. The minimum Gasteiger partial charge on any atom is -0.385 e. The molecule has 0 aliphatic rings. The molecular formula is C11H14IN3O2S. The standard InChI is InChI=1S/C11H14IN3O2S/c1-17-6-5-10(18(2,16)15-8-13)9-3-4-11(12)14-7-9/h3-4,7,10H,5-6H2,1-2H3. The number of nitrogens with zero attached hydrogens (tertiary/aromatic N) is 3. The maximum absolute atomic E-state index is 12.4. The van der Waals surface area contributed by atoms with E-state index in [0.717, 1.165) is 9.26 Å². The zero-order valence-corrected chi connectivity index (χ0v) is 13.1. The summed E-state index contributed by atoms with van der Waals surface area (Å²) in [5, 5.41) is 8.28. The van der Waals surface area contributed by atoms with E-state index in [4.69, 9.17) is 10.00 Å². The van der Waals surface area contributed by atoms with Gasteiger partial charge in [0.1, 0.15) is 3.70 Å². The molecule has 0 aromatic carbocycles. The third-order valence-electron chi connectivity index (χ3n) is 2.46. The number of ether oxygens (including phenoxy) is 1. The maximum Gasteiger partial charge on any atom is 0.214 e. The first-order chi connectivity index (χ1) is 8.51. The Morgan fingerprint density at radius 3 is 2.89 bits per heavy atom. The molecule has 0 amide bonds. The van der Waals surface area contributed by atoms with Gasteiger partial charge in [-0.1, -0.05) is 6.07 Å². The number of halogens is 1. The van der Waals surface area contributed by atoms with Crippen molar-refractivity contribution in [2.75, 3.05) is 20.0 Å². The summed E-state index contributed by atoms with van der Waals surface area (Å²) in [5.41, 5.74) is 0.818. The van der Waals surface area contributed by atoms with Crippen LogP contribution in [0.4, 0.5) is 0 Å². The molecule has 0 N–H and O–H groups in total. The van der Waals surface area contributed by atoms with Crippen molar-refractivity contribution >= 4 is 32.3 Å². The lowest BCUT2D eigenvalue weighted by Gasteiger charge is -2.17. The molecule has 1 rings (SSSR count). The van der Waals surface area contributed by atoms with Crippen molar-refractivity contribution in [1.82, 2.24) is 4.98 Å². The number of hydrogen-bond acceptors (Lipinski definition) is 5. The molecule has 18 heavy (non-hydrogen) atoms. The van der Waals surface area contributed by atoms with Crippen LogP contribution in [-0.4, -0.2) is 29.2 Å². The van der Waals surface area contributed by atoms with Gasteiger partial charge < -0.3 is 4.74 Å². The summed E-state index contributed by atoms with van der Waals surface area (Å²) >= 11 is 2.10. The number of aromatic nitrogens is 1. The molecule has 7 heteroatoms. The first kappa shape index (κ1) is 15.3. The molecular weight excluding hydrogens is 365 g/mol. The van der Waals surface area contributed by atoms with E-state index in [1.165, 1.54) is 6.26 Å². The molecule has 5 nitrogen and oxygen atoms in total. The predicted octanol–water partition coefficient (Wildman–Crippen LogP) is 2.34. The normalized spacial score (nSPS) is 15.4. The van der Waals surface area contributed by atoms with Crippen molar-refractivity contribution in [3.8, 4) is 6.19 Å². The molecule has 98 valence electrons. The fourth-order valence-corrected chi connectivity index (χ4v) is 3.37. The lowest BCUT2D eigenvalue weighted by molar-refractivity contribution is 0.194. The quantitative estimate of drug-likeness (QED) is 0.447. The van der Waals surface area contributed by atoms with Gasteiger partial charge in [-0.05, 0) is 40.6 Å². The number of nitriles is 1. The highest BCUT2D eigenvalue weighted by molar-refractivity contribution is 14.1. The van der Waals surface area contributed by atoms with Crippen LogP contribution in [-0.2, 0) is 14.5 Å². The topological polar surface area (TPSA) is 75.3 Å². The summed E-state index contributed by atoms with van der Waals surface area (Å²) in [6.07, 6.45) is 5.35. The molecule has 0 spiro atoms. The van der Waals surface area contributed by atoms with Crippen LogP contribution >= 0.6 is 22.6 Å². The van der Waals surface area contributed by atoms with Crippen molar-refractivity contribution in [2.24, 2.45) is 4.36 Å². The highest BCUT2D eigenvalue weighted by atomic mass is 127. The molecule has 2 atom stereocenters. The van der Waals surface area contributed by atoms with E-state index in [0.29, 0.717) is 13.0 Å². The van der Waals surface area contributed by atoms with Crippen LogP contribution in [0.1, 0.15) is 17.2 Å². The SMILES string of the molecule is COCCC(c1ccc(I)nc1)S(C)(=O)=NC#N. The van der Waals surface area contributed by atoms with Crippen molar-refractivity contribution in [3.05, 3.63) is 27.6 Å². The smallest absolute Gasteiger partial charge is 0.214 e. The van der Waals surface area contributed by atoms with E-state index in [1.54, 1.807) is 19.5 Å². The molecule has 2 unspecified atom stereocenters. The molecule has 0 saturated heterocycles. The molecule has 1 heterocycles. The third-order valence-corrected chi connectivity index (χ3v) is 5.10. The predicted molar refractivity (Wildman–Crippen MR) is 78.3 cm³/mol. The summed E-state index contributed by atoms with van der Waals surface area (Å²) in [6.45, 7) is 0.461. The van der Waals surface area contributed by atoms with Gasteiger partial charge in [-0.2, -0.15) is 5.26 Å². The van der Waals surface area contributed by atoms with Gasteiger partial charge in [-0.15, -0.1) is 4.36 Å². The van der Waals surface area contributed by atoms with Crippen LogP contribution in [0.25, 0.3) is 0 Å². The second-order valence-electron chi connectivity index (χ2n) is 3.74. The molecule has 0 fully saturated rings. The Morgan fingerprint density at radius 2 is 2.39 bits per heavy atom. The highest BCUT2D eigenvalue weighted by Crippen LogP contribution is 2.26. The van der Waals surface area contributed by atoms with Gasteiger partial charge in [-0.3, -0.25) is 4.98 Å². The Bertz CT molecular complexity index is 544. The Hall–Kier alpha value is -0.720. The van der Waals surface area contributed by atoms with Crippen LogP contribution in [0.2, 0.25) is 0 Å². The minimum absolute atomic E-state index is 0.346. The summed E-state index contributed by atoms with van der Waals surface area (Å²) in [7, 11) is -1.03. The summed E-state index contributed by atoms with van der Waals surface area (Å²) < 4.78 is 21.8. The van der Waals surface area contributed by atoms with Gasteiger partial charge in [0.2, 0.25) is 6.19 Å². The first-order valence-electron chi connectivity index (χ1n) is 5.20.